The highest BCUT2D eigenvalue weighted by atomic mass is 16.7. The van der Waals surface area contributed by atoms with Crippen LogP contribution in [0.1, 0.15) is 44.2 Å². The van der Waals surface area contributed by atoms with Crippen LogP contribution in [-0.2, 0) is 14.3 Å². The third-order valence-corrected chi connectivity index (χ3v) is 4.59. The molecule has 2 aromatic carbocycles. The maximum absolute atomic E-state index is 12.0. The van der Waals surface area contributed by atoms with Gasteiger partial charge in [-0.15, -0.1) is 0 Å². The summed E-state index contributed by atoms with van der Waals surface area (Å²) in [6, 6.07) is 16.3. The first-order chi connectivity index (χ1) is 14.3. The minimum atomic E-state index is -0.642. The molecule has 0 spiro atoms. The van der Waals surface area contributed by atoms with E-state index in [4.69, 9.17) is 14.3 Å². The topological polar surface area (TPSA) is 85.9 Å². The van der Waals surface area contributed by atoms with Crippen LogP contribution in [0.2, 0.25) is 0 Å². The minimum Gasteiger partial charge on any atom is -0.447 e. The van der Waals surface area contributed by atoms with E-state index in [-0.39, 0.29) is 19.1 Å². The van der Waals surface area contributed by atoms with Crippen molar-refractivity contribution in [2.45, 2.75) is 38.7 Å². The first kappa shape index (κ1) is 21.6. The summed E-state index contributed by atoms with van der Waals surface area (Å²) in [5.74, 6) is 0.00109. The van der Waals surface area contributed by atoms with Gasteiger partial charge in [0.2, 0.25) is 0 Å². The zero-order valence-electron chi connectivity index (χ0n) is 17.6. The number of benzene rings is 2. The predicted octanol–water partition coefficient (Wildman–Crippen LogP) is 4.37. The SMILES string of the molecule is CC(C)(C)OC(=O)NCCCONC(=O)OCC1c2ccccc2-c2ccccc21. The molecule has 2 amide bonds. The summed E-state index contributed by atoms with van der Waals surface area (Å²) < 4.78 is 10.5. The van der Waals surface area contributed by atoms with Gasteiger partial charge >= 0.3 is 12.2 Å². The van der Waals surface area contributed by atoms with Crippen LogP contribution in [-0.4, -0.2) is 37.5 Å². The number of carbonyl (C=O) groups is 2. The van der Waals surface area contributed by atoms with Crippen LogP contribution in [0.15, 0.2) is 48.5 Å². The molecule has 0 saturated heterocycles. The number of fused-ring (bicyclic) bond motifs is 3. The van der Waals surface area contributed by atoms with Gasteiger partial charge in [-0.25, -0.2) is 9.59 Å². The van der Waals surface area contributed by atoms with Gasteiger partial charge in [-0.1, -0.05) is 48.5 Å². The van der Waals surface area contributed by atoms with Gasteiger partial charge in [0.1, 0.15) is 12.2 Å². The summed E-state index contributed by atoms with van der Waals surface area (Å²) in [6.45, 7) is 6.24. The van der Waals surface area contributed by atoms with E-state index < -0.39 is 17.8 Å². The van der Waals surface area contributed by atoms with Crippen molar-refractivity contribution in [3.8, 4) is 11.1 Å². The Kier molecular flexibility index (Phi) is 6.95. The fourth-order valence-corrected chi connectivity index (χ4v) is 3.39. The molecule has 2 N–H and O–H groups in total. The molecule has 0 aromatic heterocycles. The van der Waals surface area contributed by atoms with Gasteiger partial charge in [-0.05, 0) is 49.4 Å². The molecule has 0 heterocycles. The molecule has 1 aliphatic rings. The lowest BCUT2D eigenvalue weighted by atomic mass is 9.98. The van der Waals surface area contributed by atoms with E-state index in [1.165, 1.54) is 11.1 Å². The molecule has 2 aromatic rings. The normalized spacial score (nSPS) is 12.6. The Balaban J connectivity index is 1.37. The van der Waals surface area contributed by atoms with Crippen LogP contribution in [0, 0.1) is 0 Å². The Hall–Kier alpha value is -3.06. The number of alkyl carbamates (subject to hydrolysis) is 1. The molecule has 30 heavy (non-hydrogen) atoms. The van der Waals surface area contributed by atoms with Gasteiger partial charge in [0.05, 0.1) is 6.61 Å². The molecule has 7 nitrogen and oxygen atoms in total. The predicted molar refractivity (Wildman–Crippen MR) is 113 cm³/mol. The maximum Gasteiger partial charge on any atom is 0.431 e. The molecule has 1 aliphatic carbocycles. The Labute approximate surface area is 176 Å². The smallest absolute Gasteiger partial charge is 0.431 e. The average Bonchev–Trinajstić information content (AvgIpc) is 3.01. The zero-order valence-corrected chi connectivity index (χ0v) is 17.6. The van der Waals surface area contributed by atoms with Crippen molar-refractivity contribution in [3.05, 3.63) is 59.7 Å². The van der Waals surface area contributed by atoms with Crippen LogP contribution in [0.3, 0.4) is 0 Å². The van der Waals surface area contributed by atoms with Crippen molar-refractivity contribution in [1.29, 1.82) is 0 Å². The van der Waals surface area contributed by atoms with Crippen molar-refractivity contribution >= 4 is 12.2 Å². The lowest BCUT2D eigenvalue weighted by Crippen LogP contribution is -2.33. The summed E-state index contributed by atoms with van der Waals surface area (Å²) >= 11 is 0. The Morgan fingerprint density at radius 2 is 1.53 bits per heavy atom. The highest BCUT2D eigenvalue weighted by Gasteiger charge is 2.29. The third-order valence-electron chi connectivity index (χ3n) is 4.59. The molecular formula is C23H28N2O5. The third kappa shape index (κ3) is 5.73. The second-order valence-electron chi connectivity index (χ2n) is 8.06. The van der Waals surface area contributed by atoms with Crippen LogP contribution >= 0.6 is 0 Å². The molecule has 0 unspecified atom stereocenters. The monoisotopic (exact) mass is 412 g/mol. The number of hydroxylamine groups is 1. The van der Waals surface area contributed by atoms with Gasteiger partial charge in [0.25, 0.3) is 0 Å². The van der Waals surface area contributed by atoms with Crippen molar-refractivity contribution in [2.24, 2.45) is 0 Å². The standard InChI is InChI=1S/C23H28N2O5/c1-23(2,3)30-21(26)24-13-8-14-29-25-22(27)28-15-20-18-11-6-4-9-16(18)17-10-5-7-12-19(17)20/h4-7,9-12,20H,8,13-15H2,1-3H3,(H,24,26)(H,25,27). The summed E-state index contributed by atoms with van der Waals surface area (Å²) in [7, 11) is 0. The number of hydrogen-bond acceptors (Lipinski definition) is 5. The molecule has 0 aliphatic heterocycles. The number of amides is 2. The zero-order chi connectivity index (χ0) is 21.6. The van der Waals surface area contributed by atoms with Gasteiger partial charge in [-0.3, -0.25) is 4.84 Å². The quantitative estimate of drug-likeness (QED) is 0.521. The van der Waals surface area contributed by atoms with Crippen molar-refractivity contribution in [2.75, 3.05) is 19.8 Å². The van der Waals surface area contributed by atoms with Gasteiger partial charge in [0.15, 0.2) is 0 Å². The fraction of sp³-hybridized carbons (Fsp3) is 0.391. The van der Waals surface area contributed by atoms with Gasteiger partial charge < -0.3 is 14.8 Å². The van der Waals surface area contributed by atoms with Crippen molar-refractivity contribution < 1.29 is 23.9 Å². The van der Waals surface area contributed by atoms with Crippen LogP contribution < -0.4 is 10.8 Å². The molecule has 0 saturated carbocycles. The molecule has 7 heteroatoms. The first-order valence-corrected chi connectivity index (χ1v) is 10.0. The molecule has 0 atom stereocenters. The van der Waals surface area contributed by atoms with Crippen LogP contribution in [0.4, 0.5) is 9.59 Å². The average molecular weight is 412 g/mol. The van der Waals surface area contributed by atoms with E-state index in [2.05, 4.69) is 35.1 Å². The van der Waals surface area contributed by atoms with Gasteiger partial charge in [0, 0.05) is 12.5 Å². The van der Waals surface area contributed by atoms with E-state index in [0.29, 0.717) is 13.0 Å². The number of ether oxygens (including phenoxy) is 2. The highest BCUT2D eigenvalue weighted by molar-refractivity contribution is 5.79. The van der Waals surface area contributed by atoms with Crippen LogP contribution in [0.5, 0.6) is 0 Å². The largest absolute Gasteiger partial charge is 0.447 e. The van der Waals surface area contributed by atoms with Crippen molar-refractivity contribution in [1.82, 2.24) is 10.8 Å². The molecule has 3 rings (SSSR count). The Morgan fingerprint density at radius 3 is 2.13 bits per heavy atom. The fourth-order valence-electron chi connectivity index (χ4n) is 3.39. The summed E-state index contributed by atoms with van der Waals surface area (Å²) in [4.78, 5) is 28.6. The molecule has 0 radical (unpaired) electrons. The highest BCUT2D eigenvalue weighted by Crippen LogP contribution is 2.44. The molecule has 0 bridgehead atoms. The Morgan fingerprint density at radius 1 is 0.933 bits per heavy atom. The van der Waals surface area contributed by atoms with E-state index in [1.807, 2.05) is 24.3 Å². The van der Waals surface area contributed by atoms with E-state index in [0.717, 1.165) is 11.1 Å². The Bertz CT molecular complexity index is 846. The maximum atomic E-state index is 12.0. The van der Waals surface area contributed by atoms with E-state index in [1.54, 1.807) is 20.8 Å². The van der Waals surface area contributed by atoms with Crippen LogP contribution in [0.25, 0.3) is 11.1 Å². The number of nitrogens with one attached hydrogen (secondary N) is 2. The molecule has 160 valence electrons. The lowest BCUT2D eigenvalue weighted by Gasteiger charge is -2.19. The van der Waals surface area contributed by atoms with E-state index >= 15 is 0 Å². The first-order valence-electron chi connectivity index (χ1n) is 10.0. The summed E-state index contributed by atoms with van der Waals surface area (Å²) in [6.07, 6.45) is -0.605. The second-order valence-corrected chi connectivity index (χ2v) is 8.06. The van der Waals surface area contributed by atoms with Crippen molar-refractivity contribution in [3.63, 3.8) is 0 Å². The second kappa shape index (κ2) is 9.63. The lowest BCUT2D eigenvalue weighted by molar-refractivity contribution is 0.0248. The van der Waals surface area contributed by atoms with E-state index in [9.17, 15) is 9.59 Å². The summed E-state index contributed by atoms with van der Waals surface area (Å²) in [5, 5.41) is 2.62. The number of rotatable bonds is 7. The minimum absolute atomic E-state index is 0.00109. The molecule has 0 fully saturated rings. The number of hydrogen-bond donors (Lipinski definition) is 2. The summed E-state index contributed by atoms with van der Waals surface area (Å²) in [5.41, 5.74) is 6.40. The van der Waals surface area contributed by atoms with Gasteiger partial charge in [-0.2, -0.15) is 5.48 Å². The number of carbonyl (C=O) groups excluding carboxylic acids is 2. The molecular weight excluding hydrogens is 384 g/mol.